The number of rotatable bonds is 4. The molecule has 2 aromatic heterocycles. The highest BCUT2D eigenvalue weighted by molar-refractivity contribution is 5.09. The van der Waals surface area contributed by atoms with Gasteiger partial charge >= 0.3 is 0 Å². The van der Waals surface area contributed by atoms with Crippen molar-refractivity contribution in [3.63, 3.8) is 0 Å². The molecule has 0 saturated carbocycles. The third-order valence-electron chi connectivity index (χ3n) is 4.47. The molecule has 2 aromatic rings. The molecule has 0 aliphatic carbocycles. The fourth-order valence-electron chi connectivity index (χ4n) is 3.49. The molecule has 6 heteroatoms. The molecular weight excluding hydrogens is 294 g/mol. The van der Waals surface area contributed by atoms with E-state index in [1.807, 2.05) is 19.1 Å². The lowest BCUT2D eigenvalue weighted by Gasteiger charge is -2.52. The Hall–Kier alpha value is -1.92. The monoisotopic (exact) mass is 315 g/mol. The van der Waals surface area contributed by atoms with Crippen molar-refractivity contribution in [2.75, 3.05) is 19.7 Å². The van der Waals surface area contributed by atoms with E-state index in [1.54, 1.807) is 18.6 Å². The van der Waals surface area contributed by atoms with Crippen molar-refractivity contribution in [3.05, 3.63) is 42.2 Å². The fourth-order valence-corrected chi connectivity index (χ4v) is 3.49. The van der Waals surface area contributed by atoms with E-state index in [9.17, 15) is 0 Å². The summed E-state index contributed by atoms with van der Waals surface area (Å²) in [4.78, 5) is 10.6. The maximum Gasteiger partial charge on any atom is 0.232 e. The second kappa shape index (κ2) is 5.94. The van der Waals surface area contributed by atoms with Crippen molar-refractivity contribution in [2.24, 2.45) is 0 Å². The van der Waals surface area contributed by atoms with Gasteiger partial charge in [0.15, 0.2) is 0 Å². The number of likely N-dealkylation sites (tertiary alicyclic amines) is 1. The molecule has 0 aromatic carbocycles. The standard InChI is InChI=1S/C17H21N3O3/c1-13-2-3-15(22-13)10-20-11-17(12-20)8-14(4-7-21-17)23-16-9-18-5-6-19-16/h2-3,5-6,9,14H,4,7-8,10-12H2,1H3/t14-/m1/s1. The van der Waals surface area contributed by atoms with Gasteiger partial charge in [-0.2, -0.15) is 0 Å². The van der Waals surface area contributed by atoms with Crippen molar-refractivity contribution < 1.29 is 13.9 Å². The normalized spacial score (nSPS) is 23.6. The minimum Gasteiger partial charge on any atom is -0.473 e. The Balaban J connectivity index is 1.32. The molecule has 0 N–H and O–H groups in total. The van der Waals surface area contributed by atoms with E-state index in [4.69, 9.17) is 13.9 Å². The lowest BCUT2D eigenvalue weighted by atomic mass is 9.84. The molecule has 23 heavy (non-hydrogen) atoms. The number of aryl methyl sites for hydroxylation is 1. The van der Waals surface area contributed by atoms with Crippen LogP contribution in [0.2, 0.25) is 0 Å². The van der Waals surface area contributed by atoms with Crippen molar-refractivity contribution in [3.8, 4) is 5.88 Å². The minimum absolute atomic E-state index is 0.0766. The smallest absolute Gasteiger partial charge is 0.232 e. The molecule has 4 rings (SSSR count). The quantitative estimate of drug-likeness (QED) is 0.862. The van der Waals surface area contributed by atoms with E-state index in [-0.39, 0.29) is 11.7 Å². The molecule has 1 atom stereocenters. The molecule has 4 heterocycles. The van der Waals surface area contributed by atoms with E-state index in [0.717, 1.165) is 50.6 Å². The third-order valence-corrected chi connectivity index (χ3v) is 4.47. The van der Waals surface area contributed by atoms with Gasteiger partial charge in [0.25, 0.3) is 0 Å². The number of hydrogen-bond acceptors (Lipinski definition) is 6. The second-order valence-corrected chi connectivity index (χ2v) is 6.47. The summed E-state index contributed by atoms with van der Waals surface area (Å²) in [6.07, 6.45) is 6.91. The Morgan fingerprint density at radius 3 is 3.00 bits per heavy atom. The predicted molar refractivity (Wildman–Crippen MR) is 83.1 cm³/mol. The van der Waals surface area contributed by atoms with Crippen LogP contribution in [0.4, 0.5) is 0 Å². The van der Waals surface area contributed by atoms with Gasteiger partial charge in [0, 0.05) is 38.3 Å². The summed E-state index contributed by atoms with van der Waals surface area (Å²) in [5, 5.41) is 0. The van der Waals surface area contributed by atoms with Gasteiger partial charge in [0.05, 0.1) is 24.9 Å². The van der Waals surface area contributed by atoms with Crippen LogP contribution in [0.1, 0.15) is 24.4 Å². The Morgan fingerprint density at radius 2 is 2.26 bits per heavy atom. The largest absolute Gasteiger partial charge is 0.473 e. The molecular formula is C17H21N3O3. The lowest BCUT2D eigenvalue weighted by molar-refractivity contribution is -0.189. The summed E-state index contributed by atoms with van der Waals surface area (Å²) in [6, 6.07) is 4.05. The first-order valence-corrected chi connectivity index (χ1v) is 8.05. The second-order valence-electron chi connectivity index (χ2n) is 6.47. The van der Waals surface area contributed by atoms with Crippen molar-refractivity contribution in [1.82, 2.24) is 14.9 Å². The van der Waals surface area contributed by atoms with Gasteiger partial charge in [-0.1, -0.05) is 0 Å². The van der Waals surface area contributed by atoms with Gasteiger partial charge in [-0.25, -0.2) is 4.98 Å². The number of nitrogens with zero attached hydrogens (tertiary/aromatic N) is 3. The van der Waals surface area contributed by atoms with E-state index in [2.05, 4.69) is 14.9 Å². The van der Waals surface area contributed by atoms with Crippen molar-refractivity contribution in [1.29, 1.82) is 0 Å². The fraction of sp³-hybridized carbons (Fsp3) is 0.529. The zero-order valence-electron chi connectivity index (χ0n) is 13.3. The van der Waals surface area contributed by atoms with Crippen LogP contribution >= 0.6 is 0 Å². The average Bonchev–Trinajstić information content (AvgIpc) is 2.92. The summed E-state index contributed by atoms with van der Waals surface area (Å²) in [5.41, 5.74) is -0.0766. The predicted octanol–water partition coefficient (Wildman–Crippen LogP) is 2.19. The molecule has 122 valence electrons. The number of hydrogen-bond donors (Lipinski definition) is 0. The lowest BCUT2D eigenvalue weighted by Crippen LogP contribution is -2.65. The molecule has 0 bridgehead atoms. The topological polar surface area (TPSA) is 60.6 Å². The van der Waals surface area contributed by atoms with Crippen LogP contribution in [-0.4, -0.2) is 46.3 Å². The van der Waals surface area contributed by atoms with E-state index >= 15 is 0 Å². The van der Waals surface area contributed by atoms with Gasteiger partial charge in [-0.05, 0) is 19.1 Å². The first-order chi connectivity index (χ1) is 11.2. The molecule has 2 saturated heterocycles. The van der Waals surface area contributed by atoms with E-state index in [1.165, 1.54) is 0 Å². The third kappa shape index (κ3) is 3.23. The molecule has 0 unspecified atom stereocenters. The summed E-state index contributed by atoms with van der Waals surface area (Å²) in [7, 11) is 0. The van der Waals surface area contributed by atoms with Crippen LogP contribution < -0.4 is 4.74 Å². The van der Waals surface area contributed by atoms with Crippen LogP contribution in [0, 0.1) is 6.92 Å². The highest BCUT2D eigenvalue weighted by Crippen LogP contribution is 2.36. The Labute approximate surface area is 135 Å². The Bertz CT molecular complexity index is 652. The molecule has 1 spiro atoms. The van der Waals surface area contributed by atoms with Crippen LogP contribution in [0.3, 0.4) is 0 Å². The molecule has 2 aliphatic heterocycles. The molecule has 6 nitrogen and oxygen atoms in total. The van der Waals surface area contributed by atoms with Crippen molar-refractivity contribution >= 4 is 0 Å². The Morgan fingerprint density at radius 1 is 1.35 bits per heavy atom. The van der Waals surface area contributed by atoms with Crippen LogP contribution in [0.5, 0.6) is 5.88 Å². The Kier molecular flexibility index (Phi) is 3.79. The van der Waals surface area contributed by atoms with E-state index < -0.39 is 0 Å². The summed E-state index contributed by atoms with van der Waals surface area (Å²) >= 11 is 0. The number of aromatic nitrogens is 2. The van der Waals surface area contributed by atoms with Gasteiger partial charge < -0.3 is 13.9 Å². The summed E-state index contributed by atoms with van der Waals surface area (Å²) in [5.74, 6) is 2.57. The number of furan rings is 1. The molecule has 0 amide bonds. The highest BCUT2D eigenvalue weighted by Gasteiger charge is 2.48. The first kappa shape index (κ1) is 14.7. The molecule has 2 fully saturated rings. The van der Waals surface area contributed by atoms with Crippen molar-refractivity contribution in [2.45, 2.75) is 38.0 Å². The zero-order valence-corrected chi connectivity index (χ0v) is 13.3. The van der Waals surface area contributed by atoms with Gasteiger partial charge in [0.2, 0.25) is 5.88 Å². The molecule has 2 aliphatic rings. The number of ether oxygens (including phenoxy) is 2. The van der Waals surface area contributed by atoms with Crippen LogP contribution in [0.25, 0.3) is 0 Å². The minimum atomic E-state index is -0.0766. The van der Waals surface area contributed by atoms with Gasteiger partial charge in [0.1, 0.15) is 17.6 Å². The average molecular weight is 315 g/mol. The van der Waals surface area contributed by atoms with Crippen LogP contribution in [0.15, 0.2) is 35.1 Å². The van der Waals surface area contributed by atoms with E-state index in [0.29, 0.717) is 5.88 Å². The highest BCUT2D eigenvalue weighted by atomic mass is 16.5. The molecule has 0 radical (unpaired) electrons. The first-order valence-electron chi connectivity index (χ1n) is 8.05. The summed E-state index contributed by atoms with van der Waals surface area (Å²) in [6.45, 7) is 5.40. The maximum absolute atomic E-state index is 6.05. The SMILES string of the molecule is Cc1ccc(CN2CC3(C[C@H](Oc4cnccn4)CCO3)C2)o1. The van der Waals surface area contributed by atoms with Gasteiger partial charge in [-0.3, -0.25) is 9.88 Å². The van der Waals surface area contributed by atoms with Gasteiger partial charge in [-0.15, -0.1) is 0 Å². The summed E-state index contributed by atoms with van der Waals surface area (Å²) < 4.78 is 17.7. The van der Waals surface area contributed by atoms with Crippen LogP contribution in [-0.2, 0) is 11.3 Å². The maximum atomic E-state index is 6.05. The zero-order chi connectivity index (χ0) is 15.7.